The fourth-order valence-corrected chi connectivity index (χ4v) is 0.389. The number of carboxylic acid groups (broad SMARTS) is 3. The number of aliphatic carboxylic acids is 3. The van der Waals surface area contributed by atoms with E-state index in [2.05, 4.69) is 0 Å². The second kappa shape index (κ2) is 18.5. The zero-order valence-corrected chi connectivity index (χ0v) is 13.8. The number of carbonyl (C=O) groups excluding carboxylic acids is 2. The maximum absolute atomic E-state index is 9.70. The fourth-order valence-electron chi connectivity index (χ4n) is 0.389. The molecule has 9 heteroatoms. The van der Waals surface area contributed by atoms with E-state index in [9.17, 15) is 24.6 Å². The van der Waals surface area contributed by atoms with Gasteiger partial charge in [-0.2, -0.15) is 0 Å². The molecule has 0 fully saturated rings. The average molecular weight is 263 g/mol. The minimum atomic E-state index is -1.55. The molecule has 0 saturated carbocycles. The second-order valence-corrected chi connectivity index (χ2v) is 2.26. The van der Waals surface area contributed by atoms with E-state index in [-0.39, 0.29) is 65.5 Å². The summed E-state index contributed by atoms with van der Waals surface area (Å²) in [5.74, 6) is -3.87. The number of rotatable bonds is 5. The first-order valence-electron chi connectivity index (χ1n) is 3.92. The third kappa shape index (κ3) is 38.6. The van der Waals surface area contributed by atoms with Crippen molar-refractivity contribution in [2.75, 3.05) is 6.54 Å². The summed E-state index contributed by atoms with van der Waals surface area (Å²) in [5, 5.41) is 26.8. The van der Waals surface area contributed by atoms with Crippen molar-refractivity contribution in [2.24, 2.45) is 5.73 Å². The molecule has 0 saturated heterocycles. The molecule has 0 aliphatic heterocycles. The average Bonchev–Trinajstić information content (AvgIpc) is 2.12. The van der Waals surface area contributed by atoms with Crippen LogP contribution in [0.1, 0.15) is 12.8 Å². The quantitative estimate of drug-likeness (QED) is 0.370. The van der Waals surface area contributed by atoms with Gasteiger partial charge in [-0.05, 0) is 25.1 Å². The summed E-state index contributed by atoms with van der Waals surface area (Å²) < 4.78 is 0. The molecular formula is C8H11NNa2O6. The minimum absolute atomic E-state index is 0. The van der Waals surface area contributed by atoms with Crippen molar-refractivity contribution in [3.63, 3.8) is 0 Å². The molecule has 0 radical (unpaired) electrons. The first-order valence-corrected chi connectivity index (χ1v) is 3.92. The van der Waals surface area contributed by atoms with E-state index in [4.69, 9.17) is 10.8 Å². The molecular weight excluding hydrogens is 252 g/mol. The van der Waals surface area contributed by atoms with E-state index < -0.39 is 17.9 Å². The Labute approximate surface area is 143 Å². The van der Waals surface area contributed by atoms with Crippen molar-refractivity contribution in [1.29, 1.82) is 0 Å². The van der Waals surface area contributed by atoms with E-state index in [1.54, 1.807) is 0 Å². The first kappa shape index (κ1) is 25.8. The van der Waals surface area contributed by atoms with Gasteiger partial charge in [-0.25, -0.2) is 0 Å². The standard InChI is InChI=1S/C4H9NO2.C4H4O4.2Na/c5-3-1-2-4(6)7;5-3(6)1-2-4(7)8;;/h1-3,5H2,(H,6,7);1-2H,(H,5,6)(H,7,8);;/q;;2*+1/p-2/b;2-1+;;. The molecule has 0 rings (SSSR count). The van der Waals surface area contributed by atoms with Crippen LogP contribution in [0.4, 0.5) is 0 Å². The van der Waals surface area contributed by atoms with Crippen LogP contribution in [0, 0.1) is 0 Å². The first-order chi connectivity index (χ1) is 6.90. The molecule has 7 nitrogen and oxygen atoms in total. The van der Waals surface area contributed by atoms with Gasteiger partial charge in [0.25, 0.3) is 0 Å². The van der Waals surface area contributed by atoms with E-state index in [0.717, 1.165) is 0 Å². The number of carboxylic acids is 3. The Balaban J connectivity index is -0.0000000896. The summed E-state index contributed by atoms with van der Waals surface area (Å²) in [5.41, 5.74) is 5.01. The molecule has 0 amide bonds. The van der Waals surface area contributed by atoms with Gasteiger partial charge < -0.3 is 30.6 Å². The van der Waals surface area contributed by atoms with Crippen LogP contribution < -0.4 is 75.1 Å². The van der Waals surface area contributed by atoms with Crippen LogP contribution in [0.5, 0.6) is 0 Å². The van der Waals surface area contributed by atoms with Crippen LogP contribution in [0.2, 0.25) is 0 Å². The molecule has 17 heavy (non-hydrogen) atoms. The van der Waals surface area contributed by atoms with E-state index in [0.29, 0.717) is 25.1 Å². The van der Waals surface area contributed by atoms with Crippen LogP contribution in [0.25, 0.3) is 0 Å². The molecule has 3 N–H and O–H groups in total. The molecule has 0 heterocycles. The van der Waals surface area contributed by atoms with E-state index >= 15 is 0 Å². The van der Waals surface area contributed by atoms with Gasteiger partial charge >= 0.3 is 65.1 Å². The molecule has 86 valence electrons. The Morgan fingerprint density at radius 1 is 1.06 bits per heavy atom. The second-order valence-electron chi connectivity index (χ2n) is 2.26. The van der Waals surface area contributed by atoms with Gasteiger partial charge in [0.15, 0.2) is 0 Å². The fraction of sp³-hybridized carbons (Fsp3) is 0.375. The van der Waals surface area contributed by atoms with Crippen molar-refractivity contribution < 1.29 is 88.8 Å². The van der Waals surface area contributed by atoms with Crippen molar-refractivity contribution in [3.8, 4) is 0 Å². The monoisotopic (exact) mass is 263 g/mol. The predicted molar refractivity (Wildman–Crippen MR) is 45.1 cm³/mol. The molecule has 0 aromatic carbocycles. The topological polar surface area (TPSA) is 144 Å². The SMILES string of the molecule is NCCCC(=O)O.O=C([O-])/C=C/C(=O)[O-].[Na+].[Na+]. The van der Waals surface area contributed by atoms with Gasteiger partial charge in [0.2, 0.25) is 0 Å². The van der Waals surface area contributed by atoms with E-state index in [1.807, 2.05) is 0 Å². The molecule has 0 unspecified atom stereocenters. The van der Waals surface area contributed by atoms with Crippen LogP contribution in [-0.4, -0.2) is 29.6 Å². The number of hydrogen-bond acceptors (Lipinski definition) is 6. The summed E-state index contributed by atoms with van der Waals surface area (Å²) in [6.07, 6.45) is 1.54. The largest absolute Gasteiger partial charge is 1.00 e. The Morgan fingerprint density at radius 2 is 1.41 bits per heavy atom. The Kier molecular flexibility index (Phi) is 28.1. The third-order valence-corrected chi connectivity index (χ3v) is 0.950. The molecule has 0 aromatic rings. The van der Waals surface area contributed by atoms with Gasteiger partial charge in [0, 0.05) is 6.42 Å². The van der Waals surface area contributed by atoms with Gasteiger partial charge in [0.1, 0.15) is 0 Å². The van der Waals surface area contributed by atoms with Crippen LogP contribution in [0.15, 0.2) is 12.2 Å². The van der Waals surface area contributed by atoms with Crippen molar-refractivity contribution in [2.45, 2.75) is 12.8 Å². The van der Waals surface area contributed by atoms with Crippen molar-refractivity contribution in [3.05, 3.63) is 12.2 Å². The predicted octanol–water partition coefficient (Wildman–Crippen LogP) is -9.14. The van der Waals surface area contributed by atoms with Gasteiger partial charge in [0.05, 0.1) is 11.9 Å². The molecule has 0 aromatic heterocycles. The Hall–Kier alpha value is 0.110. The summed E-state index contributed by atoms with van der Waals surface area (Å²) in [4.78, 5) is 28.5. The zero-order valence-electron chi connectivity index (χ0n) is 9.84. The Bertz CT molecular complexity index is 240. The van der Waals surface area contributed by atoms with E-state index in [1.165, 1.54) is 0 Å². The molecule has 0 bridgehead atoms. The number of nitrogens with two attached hydrogens (primary N) is 1. The van der Waals surface area contributed by atoms with Gasteiger partial charge in [-0.3, -0.25) is 4.79 Å². The van der Waals surface area contributed by atoms with Crippen LogP contribution in [-0.2, 0) is 14.4 Å². The smallest absolute Gasteiger partial charge is 0.545 e. The summed E-state index contributed by atoms with van der Waals surface area (Å²) >= 11 is 0. The normalized spacial score (nSPS) is 8.06. The molecule has 0 aliphatic carbocycles. The van der Waals surface area contributed by atoms with Crippen LogP contribution in [0.3, 0.4) is 0 Å². The summed E-state index contributed by atoms with van der Waals surface area (Å²) in [6.45, 7) is 0.465. The Morgan fingerprint density at radius 3 is 1.53 bits per heavy atom. The third-order valence-electron chi connectivity index (χ3n) is 0.950. The summed E-state index contributed by atoms with van der Waals surface area (Å²) in [6, 6.07) is 0. The maximum atomic E-state index is 9.70. The minimum Gasteiger partial charge on any atom is -0.545 e. The van der Waals surface area contributed by atoms with Crippen molar-refractivity contribution >= 4 is 17.9 Å². The maximum Gasteiger partial charge on any atom is 1.00 e. The molecule has 0 spiro atoms. The van der Waals surface area contributed by atoms with Crippen molar-refractivity contribution in [1.82, 2.24) is 0 Å². The van der Waals surface area contributed by atoms with Crippen LogP contribution >= 0.6 is 0 Å². The zero-order chi connectivity index (χ0) is 12.3. The van der Waals surface area contributed by atoms with Gasteiger partial charge in [-0.15, -0.1) is 0 Å². The molecule has 0 aliphatic rings. The number of hydrogen-bond donors (Lipinski definition) is 2. The summed E-state index contributed by atoms with van der Waals surface area (Å²) in [7, 11) is 0. The molecule has 0 atom stereocenters. The van der Waals surface area contributed by atoms with Gasteiger partial charge in [-0.1, -0.05) is 0 Å². The number of carbonyl (C=O) groups is 3.